The van der Waals surface area contributed by atoms with Gasteiger partial charge in [-0.05, 0) is 19.1 Å². The predicted molar refractivity (Wildman–Crippen MR) is 60.8 cm³/mol. The van der Waals surface area contributed by atoms with Gasteiger partial charge in [-0.2, -0.15) is 0 Å². The smallest absolute Gasteiger partial charge is 0.408 e. The van der Waals surface area contributed by atoms with E-state index in [-0.39, 0.29) is 5.91 Å². The van der Waals surface area contributed by atoms with Gasteiger partial charge in [0.15, 0.2) is 5.58 Å². The van der Waals surface area contributed by atoms with Crippen LogP contribution in [0.2, 0.25) is 0 Å². The second-order valence-corrected chi connectivity index (χ2v) is 3.99. The van der Waals surface area contributed by atoms with Gasteiger partial charge in [-0.1, -0.05) is 0 Å². The van der Waals surface area contributed by atoms with Gasteiger partial charge in [0.25, 0.3) is 0 Å². The number of oxazole rings is 1. The normalized spacial score (nSPS) is 12.6. The molecule has 1 atom stereocenters. The zero-order valence-electron chi connectivity index (χ0n) is 8.41. The molecule has 0 saturated heterocycles. The quantitative estimate of drug-likeness (QED) is 0.785. The van der Waals surface area contributed by atoms with Crippen LogP contribution >= 0.6 is 11.6 Å². The number of anilines is 1. The second kappa shape index (κ2) is 4.02. The van der Waals surface area contributed by atoms with Crippen LogP contribution in [-0.2, 0) is 4.79 Å². The van der Waals surface area contributed by atoms with Crippen molar-refractivity contribution in [3.8, 4) is 0 Å². The Hall–Kier alpha value is -1.75. The van der Waals surface area contributed by atoms with Crippen LogP contribution < -0.4 is 11.1 Å². The van der Waals surface area contributed by atoms with Crippen LogP contribution in [0, 0.1) is 0 Å². The van der Waals surface area contributed by atoms with Crippen LogP contribution in [-0.4, -0.2) is 16.3 Å². The number of hydrogen-bond donors (Lipinski definition) is 2. The van der Waals surface area contributed by atoms with Crippen LogP contribution in [0.3, 0.4) is 0 Å². The number of benzene rings is 1. The highest BCUT2D eigenvalue weighted by Crippen LogP contribution is 2.16. The maximum atomic E-state index is 11.3. The standard InChI is InChI=1S/C10H9ClN2O3/c1-5(11)9(14)12-6-2-3-7-8(4-6)16-10(15)13-7/h2-5H,1H3,(H,12,14)(H,13,15). The number of aromatic amines is 1. The molecule has 1 heterocycles. The number of nitrogens with one attached hydrogen (secondary N) is 2. The van der Waals surface area contributed by atoms with Crippen molar-refractivity contribution in [2.24, 2.45) is 0 Å². The molecule has 0 aliphatic rings. The summed E-state index contributed by atoms with van der Waals surface area (Å²) < 4.78 is 4.86. The summed E-state index contributed by atoms with van der Waals surface area (Å²) in [7, 11) is 0. The van der Waals surface area contributed by atoms with Crippen molar-refractivity contribution in [3.63, 3.8) is 0 Å². The van der Waals surface area contributed by atoms with Gasteiger partial charge in [0.05, 0.1) is 5.52 Å². The van der Waals surface area contributed by atoms with Gasteiger partial charge in [-0.25, -0.2) is 4.79 Å². The fourth-order valence-corrected chi connectivity index (χ4v) is 1.32. The van der Waals surface area contributed by atoms with Crippen molar-refractivity contribution in [2.45, 2.75) is 12.3 Å². The van der Waals surface area contributed by atoms with E-state index in [1.165, 1.54) is 0 Å². The molecule has 2 aromatic rings. The van der Waals surface area contributed by atoms with Gasteiger partial charge in [0.2, 0.25) is 5.91 Å². The Bertz CT molecular complexity index is 585. The number of amides is 1. The molecule has 0 spiro atoms. The van der Waals surface area contributed by atoms with Crippen LogP contribution in [0.25, 0.3) is 11.1 Å². The summed E-state index contributed by atoms with van der Waals surface area (Å²) in [5, 5.41) is 1.98. The van der Waals surface area contributed by atoms with Crippen LogP contribution in [0.1, 0.15) is 6.92 Å². The molecule has 0 bridgehead atoms. The summed E-state index contributed by atoms with van der Waals surface area (Å²) in [5.74, 6) is -0.830. The third-order valence-corrected chi connectivity index (χ3v) is 2.25. The Morgan fingerprint density at radius 2 is 2.31 bits per heavy atom. The minimum Gasteiger partial charge on any atom is -0.408 e. The Morgan fingerprint density at radius 1 is 1.56 bits per heavy atom. The lowest BCUT2D eigenvalue weighted by molar-refractivity contribution is -0.115. The molecule has 6 heteroatoms. The highest BCUT2D eigenvalue weighted by molar-refractivity contribution is 6.32. The molecule has 5 nitrogen and oxygen atoms in total. The Kier molecular flexibility index (Phi) is 2.70. The van der Waals surface area contributed by atoms with Crippen molar-refractivity contribution in [1.29, 1.82) is 0 Å². The summed E-state index contributed by atoms with van der Waals surface area (Å²) in [6.07, 6.45) is 0. The van der Waals surface area contributed by atoms with Crippen molar-refractivity contribution in [1.82, 2.24) is 4.98 Å². The fourth-order valence-electron chi connectivity index (χ4n) is 1.26. The third kappa shape index (κ3) is 2.09. The molecule has 0 saturated carbocycles. The number of alkyl halides is 1. The van der Waals surface area contributed by atoms with Gasteiger partial charge < -0.3 is 9.73 Å². The summed E-state index contributed by atoms with van der Waals surface area (Å²) >= 11 is 5.61. The average Bonchev–Trinajstić information content (AvgIpc) is 2.57. The number of halogens is 1. The van der Waals surface area contributed by atoms with Crippen molar-refractivity contribution in [3.05, 3.63) is 28.7 Å². The van der Waals surface area contributed by atoms with E-state index in [2.05, 4.69) is 10.3 Å². The molecular formula is C10H9ClN2O3. The first-order chi connectivity index (χ1) is 7.56. The van der Waals surface area contributed by atoms with Gasteiger partial charge in [0, 0.05) is 11.8 Å². The lowest BCUT2D eigenvalue weighted by Crippen LogP contribution is -2.20. The number of hydrogen-bond acceptors (Lipinski definition) is 3. The second-order valence-electron chi connectivity index (χ2n) is 3.33. The molecule has 1 amide bonds. The van der Waals surface area contributed by atoms with Gasteiger partial charge in [0.1, 0.15) is 5.38 Å². The lowest BCUT2D eigenvalue weighted by Gasteiger charge is -2.05. The molecule has 1 aromatic heterocycles. The Labute approximate surface area is 95.4 Å². The number of H-pyrrole nitrogens is 1. The summed E-state index contributed by atoms with van der Waals surface area (Å²) in [6, 6.07) is 4.87. The zero-order chi connectivity index (χ0) is 11.7. The van der Waals surface area contributed by atoms with Gasteiger partial charge >= 0.3 is 5.76 Å². The minimum absolute atomic E-state index is 0.307. The zero-order valence-corrected chi connectivity index (χ0v) is 9.17. The van der Waals surface area contributed by atoms with E-state index in [9.17, 15) is 9.59 Å². The topological polar surface area (TPSA) is 75.1 Å². The average molecular weight is 241 g/mol. The molecule has 0 aliphatic heterocycles. The van der Waals surface area contributed by atoms with E-state index in [1.807, 2.05) is 0 Å². The maximum absolute atomic E-state index is 11.3. The van der Waals surface area contributed by atoms with E-state index in [4.69, 9.17) is 16.0 Å². The van der Waals surface area contributed by atoms with E-state index in [0.29, 0.717) is 16.8 Å². The number of rotatable bonds is 2. The molecule has 0 fully saturated rings. The van der Waals surface area contributed by atoms with Crippen LogP contribution in [0.15, 0.2) is 27.4 Å². The van der Waals surface area contributed by atoms with Crippen molar-refractivity contribution in [2.75, 3.05) is 5.32 Å². The first-order valence-electron chi connectivity index (χ1n) is 4.64. The minimum atomic E-state index is -0.617. The Balaban J connectivity index is 2.32. The molecule has 0 aliphatic carbocycles. The molecule has 1 aromatic carbocycles. The largest absolute Gasteiger partial charge is 0.417 e. The highest BCUT2D eigenvalue weighted by Gasteiger charge is 2.10. The summed E-state index contributed by atoms with van der Waals surface area (Å²) in [5.41, 5.74) is 1.51. The first kappa shape index (κ1) is 10.8. The monoisotopic (exact) mass is 240 g/mol. The van der Waals surface area contributed by atoms with Gasteiger partial charge in [-0.3, -0.25) is 9.78 Å². The molecule has 1 unspecified atom stereocenters. The first-order valence-corrected chi connectivity index (χ1v) is 5.08. The van der Waals surface area contributed by atoms with E-state index in [1.54, 1.807) is 25.1 Å². The lowest BCUT2D eigenvalue weighted by atomic mass is 10.3. The number of carbonyl (C=O) groups is 1. The van der Waals surface area contributed by atoms with E-state index < -0.39 is 11.1 Å². The van der Waals surface area contributed by atoms with Crippen molar-refractivity contribution >= 4 is 34.3 Å². The molecule has 16 heavy (non-hydrogen) atoms. The maximum Gasteiger partial charge on any atom is 0.417 e. The van der Waals surface area contributed by atoms with E-state index >= 15 is 0 Å². The van der Waals surface area contributed by atoms with Gasteiger partial charge in [-0.15, -0.1) is 11.6 Å². The summed E-state index contributed by atoms with van der Waals surface area (Å²) in [4.78, 5) is 24.7. The van der Waals surface area contributed by atoms with Crippen LogP contribution in [0.5, 0.6) is 0 Å². The molecule has 2 rings (SSSR count). The third-order valence-electron chi connectivity index (χ3n) is 2.05. The van der Waals surface area contributed by atoms with Crippen LogP contribution in [0.4, 0.5) is 5.69 Å². The SMILES string of the molecule is CC(Cl)C(=O)Nc1ccc2[nH]c(=O)oc2c1. The number of aromatic nitrogens is 1. The molecular weight excluding hydrogens is 232 g/mol. The van der Waals surface area contributed by atoms with E-state index in [0.717, 1.165) is 0 Å². The molecule has 2 N–H and O–H groups in total. The summed E-state index contributed by atoms with van der Waals surface area (Å²) in [6.45, 7) is 1.58. The highest BCUT2D eigenvalue weighted by atomic mass is 35.5. The number of fused-ring (bicyclic) bond motifs is 1. The Morgan fingerprint density at radius 3 is 3.00 bits per heavy atom. The molecule has 84 valence electrons. The predicted octanol–water partition coefficient (Wildman–Crippen LogP) is 1.69. The van der Waals surface area contributed by atoms with Crippen molar-refractivity contribution < 1.29 is 9.21 Å². The number of carbonyl (C=O) groups excluding carboxylic acids is 1. The fraction of sp³-hybridized carbons (Fsp3) is 0.200. The molecule has 0 radical (unpaired) electrons.